The van der Waals surface area contributed by atoms with E-state index in [9.17, 15) is 14.7 Å². The smallest absolute Gasteiger partial charge is 0.334 e. The van der Waals surface area contributed by atoms with Gasteiger partial charge in [0.15, 0.2) is 11.4 Å². The fraction of sp³-hybridized carbons (Fsp3) is 0.286. The molecule has 28 heavy (non-hydrogen) atoms. The average molecular weight is 381 g/mol. The van der Waals surface area contributed by atoms with Gasteiger partial charge in [-0.3, -0.25) is 9.36 Å². The Bertz CT molecular complexity index is 1020. The van der Waals surface area contributed by atoms with E-state index >= 15 is 0 Å². The van der Waals surface area contributed by atoms with Crippen LogP contribution in [0.15, 0.2) is 47.0 Å². The molecule has 0 bridgehead atoms. The number of nitrogens with one attached hydrogen (secondary N) is 1. The molecule has 1 aromatic carbocycles. The molecule has 2 N–H and O–H groups in total. The van der Waals surface area contributed by atoms with Crippen LogP contribution in [0, 0.1) is 20.8 Å². The van der Waals surface area contributed by atoms with Crippen molar-refractivity contribution >= 4 is 11.9 Å². The van der Waals surface area contributed by atoms with Crippen molar-refractivity contribution in [3.8, 4) is 5.82 Å². The van der Waals surface area contributed by atoms with Crippen molar-refractivity contribution in [1.29, 1.82) is 0 Å². The molecule has 0 fully saturated rings. The van der Waals surface area contributed by atoms with E-state index in [0.717, 1.165) is 5.69 Å². The Morgan fingerprint density at radius 1 is 1.18 bits per heavy atom. The lowest BCUT2D eigenvalue weighted by Gasteiger charge is -2.30. The minimum absolute atomic E-state index is 0.208. The van der Waals surface area contributed by atoms with Gasteiger partial charge >= 0.3 is 5.97 Å². The Kier molecular flexibility index (Phi) is 5.09. The second kappa shape index (κ2) is 7.34. The highest BCUT2D eigenvalue weighted by molar-refractivity contribution is 5.99. The maximum Gasteiger partial charge on any atom is 0.334 e. The number of carbonyl (C=O) groups excluding carboxylic acids is 1. The van der Waals surface area contributed by atoms with Crippen LogP contribution in [-0.2, 0) is 10.3 Å². The summed E-state index contributed by atoms with van der Waals surface area (Å²) in [5.74, 6) is -0.314. The monoisotopic (exact) mass is 381 g/mol. The molecule has 0 radical (unpaired) electrons. The maximum atomic E-state index is 13.1. The van der Waals surface area contributed by atoms with Crippen LogP contribution < -0.4 is 5.32 Å². The van der Waals surface area contributed by atoms with Gasteiger partial charge in [0.25, 0.3) is 5.91 Å². The summed E-state index contributed by atoms with van der Waals surface area (Å²) in [6.07, 6.45) is 0.208. The Labute approximate surface area is 163 Å². The van der Waals surface area contributed by atoms with E-state index in [1.165, 1.54) is 0 Å². The number of carboxylic acid groups (broad SMARTS) is 1. The minimum Gasteiger partial charge on any atom is -0.479 e. The quantitative estimate of drug-likeness (QED) is 0.681. The van der Waals surface area contributed by atoms with Gasteiger partial charge in [-0.15, -0.1) is 0 Å². The van der Waals surface area contributed by atoms with Gasteiger partial charge in [-0.2, -0.15) is 0 Å². The zero-order valence-electron chi connectivity index (χ0n) is 16.3. The highest BCUT2D eigenvalue weighted by atomic mass is 16.5. The van der Waals surface area contributed by atoms with Crippen molar-refractivity contribution in [2.75, 3.05) is 0 Å². The number of hydrogen-bond donors (Lipinski definition) is 2. The van der Waals surface area contributed by atoms with E-state index in [0.29, 0.717) is 28.4 Å². The minimum atomic E-state index is -1.51. The van der Waals surface area contributed by atoms with Gasteiger partial charge in [-0.1, -0.05) is 42.4 Å². The van der Waals surface area contributed by atoms with E-state index < -0.39 is 17.4 Å². The molecular formula is C21H23N3O4. The number of hydrogen-bond acceptors (Lipinski definition) is 4. The summed E-state index contributed by atoms with van der Waals surface area (Å²) in [5.41, 5.74) is 0.873. The standard InChI is InChI=1S/C21H23N3O4/c1-5-21(20(26)27,16-9-7-6-8-10-16)22-19(25)17-11-13(2)24(15(17)4)18-12-14(3)28-23-18/h6-12H,5H2,1-4H3,(H,22,25)(H,26,27). The topological polar surface area (TPSA) is 97.4 Å². The van der Waals surface area contributed by atoms with Crippen LogP contribution in [0.4, 0.5) is 0 Å². The average Bonchev–Trinajstić information content (AvgIpc) is 3.22. The third-order valence-corrected chi connectivity index (χ3v) is 5.01. The summed E-state index contributed by atoms with van der Waals surface area (Å²) in [5, 5.41) is 16.7. The van der Waals surface area contributed by atoms with Gasteiger partial charge in [0.05, 0.1) is 5.56 Å². The van der Waals surface area contributed by atoms with Crippen LogP contribution in [0.2, 0.25) is 0 Å². The summed E-state index contributed by atoms with van der Waals surface area (Å²) in [7, 11) is 0. The number of rotatable bonds is 6. The van der Waals surface area contributed by atoms with E-state index in [2.05, 4.69) is 10.5 Å². The SMILES string of the molecule is CCC(NC(=O)c1cc(C)n(-c2cc(C)on2)c1C)(C(=O)O)c1ccccc1. The van der Waals surface area contributed by atoms with Gasteiger partial charge in [0.2, 0.25) is 0 Å². The summed E-state index contributed by atoms with van der Waals surface area (Å²) in [6, 6.07) is 12.2. The lowest BCUT2D eigenvalue weighted by molar-refractivity contribution is -0.145. The van der Waals surface area contributed by atoms with E-state index in [-0.39, 0.29) is 6.42 Å². The second-order valence-corrected chi connectivity index (χ2v) is 6.80. The third-order valence-electron chi connectivity index (χ3n) is 5.01. The molecule has 146 valence electrons. The molecule has 2 aromatic heterocycles. The summed E-state index contributed by atoms with van der Waals surface area (Å²) in [4.78, 5) is 25.2. The number of carboxylic acids is 1. The lowest BCUT2D eigenvalue weighted by atomic mass is 9.87. The number of carbonyl (C=O) groups is 2. The van der Waals surface area contributed by atoms with Crippen molar-refractivity contribution in [2.45, 2.75) is 39.7 Å². The Balaban J connectivity index is 2.01. The van der Waals surface area contributed by atoms with Gasteiger partial charge in [0.1, 0.15) is 5.76 Å². The molecule has 0 aliphatic carbocycles. The van der Waals surface area contributed by atoms with Gasteiger partial charge in [-0.05, 0) is 38.8 Å². The predicted molar refractivity (Wildman–Crippen MR) is 104 cm³/mol. The van der Waals surface area contributed by atoms with E-state index in [1.807, 2.05) is 11.5 Å². The highest BCUT2D eigenvalue weighted by Gasteiger charge is 2.40. The molecule has 3 aromatic rings. The van der Waals surface area contributed by atoms with E-state index in [4.69, 9.17) is 4.52 Å². The maximum absolute atomic E-state index is 13.1. The first kappa shape index (κ1) is 19.4. The molecule has 7 heteroatoms. The predicted octanol–water partition coefficient (Wildman–Crippen LogP) is 3.51. The lowest BCUT2D eigenvalue weighted by Crippen LogP contribution is -2.51. The third kappa shape index (κ3) is 3.19. The molecule has 1 atom stereocenters. The molecule has 2 heterocycles. The molecule has 0 spiro atoms. The molecule has 0 saturated heterocycles. The van der Waals surface area contributed by atoms with Crippen LogP contribution in [0.25, 0.3) is 5.82 Å². The molecule has 0 aliphatic rings. The Morgan fingerprint density at radius 2 is 1.86 bits per heavy atom. The highest BCUT2D eigenvalue weighted by Crippen LogP contribution is 2.27. The molecule has 7 nitrogen and oxygen atoms in total. The summed E-state index contributed by atoms with van der Waals surface area (Å²) in [6.45, 7) is 7.18. The van der Waals surface area contributed by atoms with Crippen molar-refractivity contribution in [3.05, 3.63) is 70.7 Å². The van der Waals surface area contributed by atoms with Crippen LogP contribution in [0.3, 0.4) is 0 Å². The zero-order chi connectivity index (χ0) is 20.5. The Hall–Kier alpha value is -3.35. The number of aromatic nitrogens is 2. The van der Waals surface area contributed by atoms with Crippen LogP contribution >= 0.6 is 0 Å². The van der Waals surface area contributed by atoms with Crippen LogP contribution in [0.1, 0.15) is 46.4 Å². The van der Waals surface area contributed by atoms with Crippen molar-refractivity contribution in [2.24, 2.45) is 0 Å². The first-order valence-corrected chi connectivity index (χ1v) is 9.04. The van der Waals surface area contributed by atoms with Gasteiger partial charge < -0.3 is 14.9 Å². The molecule has 0 saturated carbocycles. The van der Waals surface area contributed by atoms with E-state index in [1.54, 1.807) is 63.2 Å². The first-order valence-electron chi connectivity index (χ1n) is 9.04. The number of amides is 1. The van der Waals surface area contributed by atoms with Crippen molar-refractivity contribution < 1.29 is 19.2 Å². The molecule has 0 aliphatic heterocycles. The molecule has 3 rings (SSSR count). The van der Waals surface area contributed by atoms with Crippen LogP contribution in [0.5, 0.6) is 0 Å². The Morgan fingerprint density at radius 3 is 2.39 bits per heavy atom. The second-order valence-electron chi connectivity index (χ2n) is 6.80. The van der Waals surface area contributed by atoms with Crippen molar-refractivity contribution in [3.63, 3.8) is 0 Å². The fourth-order valence-electron chi connectivity index (χ4n) is 3.48. The zero-order valence-corrected chi connectivity index (χ0v) is 16.3. The molecule has 1 amide bonds. The largest absolute Gasteiger partial charge is 0.479 e. The summed E-state index contributed by atoms with van der Waals surface area (Å²) < 4.78 is 6.94. The normalized spacial score (nSPS) is 13.1. The van der Waals surface area contributed by atoms with Gasteiger partial charge in [0, 0.05) is 17.5 Å². The summed E-state index contributed by atoms with van der Waals surface area (Å²) >= 11 is 0. The molecular weight excluding hydrogens is 358 g/mol. The first-order chi connectivity index (χ1) is 13.3. The number of aryl methyl sites for hydroxylation is 2. The number of nitrogens with zero attached hydrogens (tertiary/aromatic N) is 2. The fourth-order valence-corrected chi connectivity index (χ4v) is 3.48. The van der Waals surface area contributed by atoms with Gasteiger partial charge in [-0.25, -0.2) is 4.79 Å². The van der Waals surface area contributed by atoms with Crippen molar-refractivity contribution in [1.82, 2.24) is 15.0 Å². The van der Waals surface area contributed by atoms with Crippen LogP contribution in [-0.4, -0.2) is 26.7 Å². The number of aliphatic carboxylic acids is 1. The number of benzene rings is 1. The molecule has 1 unspecified atom stereocenters.